The SMILES string of the molecule is CN(C(=O)CCOc1ccccc1)C1CCCN(C2Cc3ccccc3C2)C1. The van der Waals surface area contributed by atoms with Crippen molar-refractivity contribution >= 4 is 5.91 Å². The summed E-state index contributed by atoms with van der Waals surface area (Å²) in [7, 11) is 1.96. The number of para-hydroxylation sites is 1. The van der Waals surface area contributed by atoms with Crippen molar-refractivity contribution in [2.45, 2.75) is 44.2 Å². The molecule has 1 aliphatic heterocycles. The molecule has 4 nitrogen and oxygen atoms in total. The number of carbonyl (C=O) groups excluding carboxylic acids is 1. The maximum atomic E-state index is 12.7. The third-order valence-electron chi connectivity index (χ3n) is 6.24. The van der Waals surface area contributed by atoms with E-state index in [2.05, 4.69) is 29.2 Å². The molecule has 1 fully saturated rings. The van der Waals surface area contributed by atoms with Gasteiger partial charge >= 0.3 is 0 Å². The predicted octanol–water partition coefficient (Wildman–Crippen LogP) is 3.55. The van der Waals surface area contributed by atoms with Gasteiger partial charge in [0.15, 0.2) is 0 Å². The monoisotopic (exact) mass is 378 g/mol. The molecule has 0 saturated carbocycles. The number of rotatable bonds is 6. The van der Waals surface area contributed by atoms with Gasteiger partial charge < -0.3 is 9.64 Å². The van der Waals surface area contributed by atoms with Crippen molar-refractivity contribution < 1.29 is 9.53 Å². The summed E-state index contributed by atoms with van der Waals surface area (Å²) in [4.78, 5) is 17.2. The van der Waals surface area contributed by atoms with Gasteiger partial charge in [0.05, 0.1) is 13.0 Å². The molecule has 1 heterocycles. The zero-order valence-electron chi connectivity index (χ0n) is 16.7. The van der Waals surface area contributed by atoms with Gasteiger partial charge in [0, 0.05) is 25.7 Å². The van der Waals surface area contributed by atoms with Gasteiger partial charge in [0.25, 0.3) is 0 Å². The molecule has 0 aromatic heterocycles. The second kappa shape index (κ2) is 8.78. The van der Waals surface area contributed by atoms with E-state index >= 15 is 0 Å². The third-order valence-corrected chi connectivity index (χ3v) is 6.24. The lowest BCUT2D eigenvalue weighted by Crippen LogP contribution is -2.51. The van der Waals surface area contributed by atoms with E-state index in [0.717, 1.165) is 44.5 Å². The Morgan fingerprint density at radius 3 is 2.46 bits per heavy atom. The van der Waals surface area contributed by atoms with Crippen LogP contribution in [0.4, 0.5) is 0 Å². The van der Waals surface area contributed by atoms with Crippen LogP contribution in [0.5, 0.6) is 5.75 Å². The van der Waals surface area contributed by atoms with Crippen molar-refractivity contribution in [1.29, 1.82) is 0 Å². The lowest BCUT2D eigenvalue weighted by molar-refractivity contribution is -0.133. The van der Waals surface area contributed by atoms with Gasteiger partial charge in [-0.05, 0) is 55.5 Å². The Bertz CT molecular complexity index is 767. The fourth-order valence-electron chi connectivity index (χ4n) is 4.58. The number of benzene rings is 2. The lowest BCUT2D eigenvalue weighted by atomic mass is 10.0. The Balaban J connectivity index is 1.27. The van der Waals surface area contributed by atoms with Crippen LogP contribution >= 0.6 is 0 Å². The number of piperidine rings is 1. The summed E-state index contributed by atoms with van der Waals surface area (Å²) < 4.78 is 5.69. The van der Waals surface area contributed by atoms with E-state index in [1.54, 1.807) is 0 Å². The van der Waals surface area contributed by atoms with Gasteiger partial charge in [-0.2, -0.15) is 0 Å². The summed E-state index contributed by atoms with van der Waals surface area (Å²) in [6.07, 6.45) is 4.97. The van der Waals surface area contributed by atoms with Gasteiger partial charge in [-0.15, -0.1) is 0 Å². The summed E-state index contributed by atoms with van der Waals surface area (Å²) in [5, 5.41) is 0. The Morgan fingerprint density at radius 1 is 1.07 bits per heavy atom. The van der Waals surface area contributed by atoms with Crippen molar-refractivity contribution in [3.05, 3.63) is 65.7 Å². The van der Waals surface area contributed by atoms with Crippen LogP contribution in [0, 0.1) is 0 Å². The number of hydrogen-bond donors (Lipinski definition) is 0. The minimum absolute atomic E-state index is 0.178. The number of hydrogen-bond acceptors (Lipinski definition) is 3. The minimum atomic E-state index is 0.178. The molecular weight excluding hydrogens is 348 g/mol. The van der Waals surface area contributed by atoms with E-state index in [1.165, 1.54) is 11.1 Å². The van der Waals surface area contributed by atoms with E-state index in [0.29, 0.717) is 25.1 Å². The molecule has 1 unspecified atom stereocenters. The van der Waals surface area contributed by atoms with Crippen LogP contribution in [0.15, 0.2) is 54.6 Å². The molecule has 2 aliphatic rings. The molecular formula is C24H30N2O2. The maximum Gasteiger partial charge on any atom is 0.226 e. The Labute approximate surface area is 168 Å². The smallest absolute Gasteiger partial charge is 0.226 e. The number of carbonyl (C=O) groups is 1. The van der Waals surface area contributed by atoms with Crippen LogP contribution < -0.4 is 4.74 Å². The topological polar surface area (TPSA) is 32.8 Å². The zero-order chi connectivity index (χ0) is 19.3. The highest BCUT2D eigenvalue weighted by molar-refractivity contribution is 5.76. The summed E-state index contributed by atoms with van der Waals surface area (Å²) in [6.45, 7) is 2.57. The second-order valence-electron chi connectivity index (χ2n) is 8.04. The van der Waals surface area contributed by atoms with E-state index in [4.69, 9.17) is 4.74 Å². The summed E-state index contributed by atoms with van der Waals surface area (Å²) in [5.41, 5.74) is 2.99. The van der Waals surface area contributed by atoms with Crippen LogP contribution in [0.1, 0.15) is 30.4 Å². The van der Waals surface area contributed by atoms with E-state index in [-0.39, 0.29) is 5.91 Å². The number of ether oxygens (including phenoxy) is 1. The largest absolute Gasteiger partial charge is 0.493 e. The van der Waals surface area contributed by atoms with Gasteiger partial charge in [-0.3, -0.25) is 9.69 Å². The molecule has 1 saturated heterocycles. The summed E-state index contributed by atoms with van der Waals surface area (Å²) >= 11 is 0. The number of nitrogens with zero attached hydrogens (tertiary/aromatic N) is 2. The third kappa shape index (κ3) is 4.39. The highest BCUT2D eigenvalue weighted by atomic mass is 16.5. The predicted molar refractivity (Wildman–Crippen MR) is 112 cm³/mol. The van der Waals surface area contributed by atoms with Crippen LogP contribution in [0.25, 0.3) is 0 Å². The second-order valence-corrected chi connectivity index (χ2v) is 8.04. The first kappa shape index (κ1) is 19.0. The van der Waals surface area contributed by atoms with Crippen molar-refractivity contribution in [2.75, 3.05) is 26.7 Å². The fourth-order valence-corrected chi connectivity index (χ4v) is 4.58. The minimum Gasteiger partial charge on any atom is -0.493 e. The standard InChI is InChI=1S/C24H30N2O2/c1-25(24(27)13-15-28-23-11-3-2-4-12-23)21-10-7-14-26(18-21)22-16-19-8-5-6-9-20(19)17-22/h2-6,8-9,11-12,21-22H,7,10,13-18H2,1H3. The molecule has 1 amide bonds. The van der Waals surface area contributed by atoms with E-state index < -0.39 is 0 Å². The van der Waals surface area contributed by atoms with Crippen molar-refractivity contribution in [2.24, 2.45) is 0 Å². The average Bonchev–Trinajstić information content (AvgIpc) is 3.18. The van der Waals surface area contributed by atoms with Crippen LogP contribution in [0.2, 0.25) is 0 Å². The lowest BCUT2D eigenvalue weighted by Gasteiger charge is -2.40. The molecule has 0 N–H and O–H groups in total. The van der Waals surface area contributed by atoms with Crippen molar-refractivity contribution in [1.82, 2.24) is 9.80 Å². The highest BCUT2D eigenvalue weighted by Crippen LogP contribution is 2.28. The maximum absolute atomic E-state index is 12.7. The van der Waals surface area contributed by atoms with Gasteiger partial charge in [0.2, 0.25) is 5.91 Å². The number of amides is 1. The molecule has 0 radical (unpaired) electrons. The molecule has 4 rings (SSSR count). The zero-order valence-corrected chi connectivity index (χ0v) is 16.7. The van der Waals surface area contributed by atoms with E-state index in [9.17, 15) is 4.79 Å². The van der Waals surface area contributed by atoms with Gasteiger partial charge in [-0.1, -0.05) is 42.5 Å². The van der Waals surface area contributed by atoms with Gasteiger partial charge in [0.1, 0.15) is 5.75 Å². The first-order valence-corrected chi connectivity index (χ1v) is 10.4. The quantitative estimate of drug-likeness (QED) is 0.771. The summed E-state index contributed by atoms with van der Waals surface area (Å²) in [5.74, 6) is 1.00. The van der Waals surface area contributed by atoms with Crippen molar-refractivity contribution in [3.8, 4) is 5.75 Å². The average molecular weight is 379 g/mol. The Hall–Kier alpha value is -2.33. The molecule has 0 bridgehead atoms. The Morgan fingerprint density at radius 2 is 1.75 bits per heavy atom. The number of fused-ring (bicyclic) bond motifs is 1. The first-order chi connectivity index (χ1) is 13.7. The molecule has 28 heavy (non-hydrogen) atoms. The molecule has 4 heteroatoms. The summed E-state index contributed by atoms with van der Waals surface area (Å²) in [6, 6.07) is 19.4. The van der Waals surface area contributed by atoms with Gasteiger partial charge in [-0.25, -0.2) is 0 Å². The van der Waals surface area contributed by atoms with Crippen LogP contribution in [-0.4, -0.2) is 54.5 Å². The Kier molecular flexibility index (Phi) is 5.96. The molecule has 1 atom stereocenters. The van der Waals surface area contributed by atoms with E-state index in [1.807, 2.05) is 42.3 Å². The molecule has 2 aromatic rings. The highest BCUT2D eigenvalue weighted by Gasteiger charge is 2.32. The molecule has 0 spiro atoms. The molecule has 1 aliphatic carbocycles. The fraction of sp³-hybridized carbons (Fsp3) is 0.458. The molecule has 148 valence electrons. The first-order valence-electron chi connectivity index (χ1n) is 10.4. The number of likely N-dealkylation sites (N-methyl/N-ethyl adjacent to an activating group) is 1. The number of likely N-dealkylation sites (tertiary alicyclic amines) is 1. The van der Waals surface area contributed by atoms with Crippen LogP contribution in [0.3, 0.4) is 0 Å². The van der Waals surface area contributed by atoms with Crippen LogP contribution in [-0.2, 0) is 17.6 Å². The van der Waals surface area contributed by atoms with Crippen molar-refractivity contribution in [3.63, 3.8) is 0 Å². The molecule has 2 aromatic carbocycles. The normalized spacial score (nSPS) is 20.0.